The molecule has 0 atom stereocenters. The predicted octanol–water partition coefficient (Wildman–Crippen LogP) is 3.75. The summed E-state index contributed by atoms with van der Waals surface area (Å²) >= 11 is 0. The fourth-order valence-corrected chi connectivity index (χ4v) is 3.82. The lowest BCUT2D eigenvalue weighted by Gasteiger charge is -2.33. The third kappa shape index (κ3) is 4.74. The average molecular weight is 408 g/mol. The van der Waals surface area contributed by atoms with Crippen molar-refractivity contribution in [2.75, 3.05) is 20.1 Å². The summed E-state index contributed by atoms with van der Waals surface area (Å²) in [6.07, 6.45) is 1.52. The molecule has 0 unspecified atom stereocenters. The van der Waals surface area contributed by atoms with Crippen LogP contribution in [0.2, 0.25) is 0 Å². The number of carbonyl (C=O) groups is 1. The van der Waals surface area contributed by atoms with Gasteiger partial charge in [0.15, 0.2) is 0 Å². The van der Waals surface area contributed by atoms with E-state index in [1.165, 1.54) is 6.07 Å². The summed E-state index contributed by atoms with van der Waals surface area (Å²) < 4.78 is 19.2. The second-order valence-corrected chi connectivity index (χ2v) is 7.71. The van der Waals surface area contributed by atoms with E-state index in [4.69, 9.17) is 4.52 Å². The highest BCUT2D eigenvalue weighted by Crippen LogP contribution is 2.22. The fraction of sp³-hybridized carbons (Fsp3) is 0.348. The summed E-state index contributed by atoms with van der Waals surface area (Å²) in [7, 11) is 1.76. The summed E-state index contributed by atoms with van der Waals surface area (Å²) in [4.78, 5) is 21.1. The van der Waals surface area contributed by atoms with Crippen molar-refractivity contribution in [1.82, 2.24) is 19.9 Å². The Morgan fingerprint density at radius 1 is 1.13 bits per heavy atom. The molecule has 2 aromatic carbocycles. The van der Waals surface area contributed by atoms with Gasteiger partial charge < -0.3 is 9.42 Å². The van der Waals surface area contributed by atoms with Gasteiger partial charge in [0.2, 0.25) is 17.6 Å². The summed E-state index contributed by atoms with van der Waals surface area (Å²) in [5, 5.41) is 4.01. The molecule has 0 bridgehead atoms. The van der Waals surface area contributed by atoms with Gasteiger partial charge in [-0.3, -0.25) is 9.69 Å². The molecule has 7 heteroatoms. The van der Waals surface area contributed by atoms with E-state index in [2.05, 4.69) is 15.0 Å². The lowest BCUT2D eigenvalue weighted by atomic mass is 9.95. The van der Waals surface area contributed by atoms with Gasteiger partial charge in [0.25, 0.3) is 0 Å². The first-order chi connectivity index (χ1) is 14.6. The molecule has 30 heavy (non-hydrogen) atoms. The molecule has 0 aliphatic carbocycles. The minimum atomic E-state index is -0.176. The predicted molar refractivity (Wildman–Crippen MR) is 111 cm³/mol. The number of hydrogen-bond acceptors (Lipinski definition) is 5. The number of amides is 1. The minimum absolute atomic E-state index is 0.0385. The van der Waals surface area contributed by atoms with Gasteiger partial charge in [0, 0.05) is 30.6 Å². The molecular formula is C23H25FN4O2. The monoisotopic (exact) mass is 408 g/mol. The number of benzene rings is 2. The second kappa shape index (κ2) is 9.17. The van der Waals surface area contributed by atoms with Crippen LogP contribution in [0.3, 0.4) is 0 Å². The fourth-order valence-electron chi connectivity index (χ4n) is 3.82. The summed E-state index contributed by atoms with van der Waals surface area (Å²) in [6, 6.07) is 16.4. The Hall–Kier alpha value is -3.06. The highest BCUT2D eigenvalue weighted by molar-refractivity contribution is 5.78. The number of carbonyl (C=O) groups excluding carboxylic acids is 1. The molecule has 2 heterocycles. The summed E-state index contributed by atoms with van der Waals surface area (Å²) in [5.74, 6) is 0.808. The molecule has 4 rings (SSSR count). The van der Waals surface area contributed by atoms with Crippen LogP contribution in [-0.2, 0) is 17.9 Å². The van der Waals surface area contributed by atoms with Crippen molar-refractivity contribution in [2.24, 2.45) is 5.92 Å². The van der Waals surface area contributed by atoms with Crippen LogP contribution in [0.25, 0.3) is 11.4 Å². The lowest BCUT2D eigenvalue weighted by Crippen LogP contribution is -2.40. The quantitative estimate of drug-likeness (QED) is 0.622. The van der Waals surface area contributed by atoms with Crippen molar-refractivity contribution in [2.45, 2.75) is 25.9 Å². The second-order valence-electron chi connectivity index (χ2n) is 7.71. The maximum absolute atomic E-state index is 13.9. The van der Waals surface area contributed by atoms with Gasteiger partial charge in [0.1, 0.15) is 5.82 Å². The molecule has 1 saturated heterocycles. The molecule has 0 N–H and O–H groups in total. The molecule has 1 aromatic heterocycles. The maximum atomic E-state index is 13.9. The van der Waals surface area contributed by atoms with Crippen molar-refractivity contribution >= 4 is 5.91 Å². The van der Waals surface area contributed by atoms with Crippen LogP contribution in [0.4, 0.5) is 4.39 Å². The zero-order chi connectivity index (χ0) is 20.9. The van der Waals surface area contributed by atoms with E-state index in [1.807, 2.05) is 42.5 Å². The van der Waals surface area contributed by atoms with Crippen molar-refractivity contribution in [3.05, 3.63) is 71.9 Å². The van der Waals surface area contributed by atoms with E-state index < -0.39 is 0 Å². The van der Waals surface area contributed by atoms with Gasteiger partial charge in [-0.05, 0) is 32.0 Å². The highest BCUT2D eigenvalue weighted by atomic mass is 19.1. The Balaban J connectivity index is 1.29. The first-order valence-electron chi connectivity index (χ1n) is 10.2. The van der Waals surface area contributed by atoms with Crippen LogP contribution in [-0.4, -0.2) is 46.0 Å². The highest BCUT2D eigenvalue weighted by Gasteiger charge is 2.28. The molecule has 3 aromatic rings. The third-order valence-electron chi connectivity index (χ3n) is 5.54. The van der Waals surface area contributed by atoms with Crippen LogP contribution >= 0.6 is 0 Å². The van der Waals surface area contributed by atoms with E-state index in [0.29, 0.717) is 23.8 Å². The third-order valence-corrected chi connectivity index (χ3v) is 5.54. The zero-order valence-corrected chi connectivity index (χ0v) is 17.0. The van der Waals surface area contributed by atoms with Gasteiger partial charge in [-0.2, -0.15) is 4.98 Å². The largest absolute Gasteiger partial charge is 0.337 e. The number of aromatic nitrogens is 2. The van der Waals surface area contributed by atoms with Gasteiger partial charge in [0.05, 0.1) is 6.54 Å². The number of halogens is 1. The number of piperidine rings is 1. The molecule has 156 valence electrons. The van der Waals surface area contributed by atoms with Crippen molar-refractivity contribution in [3.8, 4) is 11.4 Å². The Kier molecular flexibility index (Phi) is 6.18. The van der Waals surface area contributed by atoms with E-state index in [1.54, 1.807) is 18.0 Å². The Labute approximate surface area is 175 Å². The van der Waals surface area contributed by atoms with Crippen molar-refractivity contribution in [3.63, 3.8) is 0 Å². The molecule has 1 fully saturated rings. The van der Waals surface area contributed by atoms with E-state index >= 15 is 0 Å². The first kappa shape index (κ1) is 20.2. The Morgan fingerprint density at radius 2 is 1.83 bits per heavy atom. The van der Waals surface area contributed by atoms with Crippen LogP contribution in [0.1, 0.15) is 24.3 Å². The molecule has 1 aliphatic rings. The zero-order valence-electron chi connectivity index (χ0n) is 17.0. The van der Waals surface area contributed by atoms with E-state index in [0.717, 1.165) is 31.5 Å². The molecule has 0 radical (unpaired) electrons. The molecule has 0 spiro atoms. The summed E-state index contributed by atoms with van der Waals surface area (Å²) in [5.41, 5.74) is 1.58. The van der Waals surface area contributed by atoms with Gasteiger partial charge >= 0.3 is 0 Å². The molecular weight excluding hydrogens is 383 g/mol. The standard InChI is InChI=1S/C23H25FN4O2/c1-27(16-21-25-22(26-30-21)17-7-3-2-4-8-17)23(29)18-11-13-28(14-12-18)15-19-9-5-6-10-20(19)24/h2-10,18H,11-16H2,1H3. The molecule has 0 saturated carbocycles. The maximum Gasteiger partial charge on any atom is 0.246 e. The number of rotatable bonds is 6. The molecule has 6 nitrogen and oxygen atoms in total. The first-order valence-corrected chi connectivity index (χ1v) is 10.2. The van der Waals surface area contributed by atoms with E-state index in [9.17, 15) is 9.18 Å². The van der Waals surface area contributed by atoms with Crippen molar-refractivity contribution in [1.29, 1.82) is 0 Å². The van der Waals surface area contributed by atoms with Gasteiger partial charge in [-0.1, -0.05) is 53.7 Å². The van der Waals surface area contributed by atoms with Crippen LogP contribution in [0.5, 0.6) is 0 Å². The van der Waals surface area contributed by atoms with Crippen molar-refractivity contribution < 1.29 is 13.7 Å². The molecule has 1 aliphatic heterocycles. The number of hydrogen-bond donors (Lipinski definition) is 0. The molecule has 1 amide bonds. The minimum Gasteiger partial charge on any atom is -0.337 e. The number of nitrogens with zero attached hydrogens (tertiary/aromatic N) is 4. The van der Waals surface area contributed by atoms with Crippen LogP contribution < -0.4 is 0 Å². The van der Waals surface area contributed by atoms with Gasteiger partial charge in [-0.25, -0.2) is 4.39 Å². The SMILES string of the molecule is CN(Cc1nc(-c2ccccc2)no1)C(=O)C1CCN(Cc2ccccc2F)CC1. The average Bonchev–Trinajstić information content (AvgIpc) is 3.24. The van der Waals surface area contributed by atoms with Gasteiger partial charge in [-0.15, -0.1) is 0 Å². The van der Waals surface area contributed by atoms with E-state index in [-0.39, 0.29) is 24.2 Å². The Morgan fingerprint density at radius 3 is 2.57 bits per heavy atom. The number of likely N-dealkylation sites (tertiary alicyclic amines) is 1. The Bertz CT molecular complexity index is 984. The smallest absolute Gasteiger partial charge is 0.246 e. The topological polar surface area (TPSA) is 62.5 Å². The van der Waals surface area contributed by atoms with Crippen LogP contribution in [0.15, 0.2) is 59.1 Å². The lowest BCUT2D eigenvalue weighted by molar-refractivity contribution is -0.136. The normalized spacial score (nSPS) is 15.3. The van der Waals surface area contributed by atoms with Crippen LogP contribution in [0, 0.1) is 11.7 Å². The summed E-state index contributed by atoms with van der Waals surface area (Å²) in [6.45, 7) is 2.41.